The fraction of sp³-hybridized carbons (Fsp3) is 0.250. The largest absolute Gasteiger partial charge is 0.483 e. The van der Waals surface area contributed by atoms with E-state index in [0.717, 1.165) is 5.57 Å². The second kappa shape index (κ2) is 6.19. The Hall–Kier alpha value is -3.33. The van der Waals surface area contributed by atoms with Crippen LogP contribution >= 0.6 is 0 Å². The van der Waals surface area contributed by atoms with Crippen LogP contribution in [0.15, 0.2) is 46.9 Å². The molecule has 0 N–H and O–H groups in total. The first-order valence-electron chi connectivity index (χ1n) is 8.09. The van der Waals surface area contributed by atoms with E-state index in [4.69, 9.17) is 9.47 Å². The van der Waals surface area contributed by atoms with E-state index in [9.17, 15) is 14.9 Å². The van der Waals surface area contributed by atoms with E-state index in [1.54, 1.807) is 30.5 Å². The molecular formula is C20H18N2O4. The number of fused-ring (bicyclic) bond motifs is 1. The maximum atomic E-state index is 12.7. The first kappa shape index (κ1) is 17.5. The molecule has 0 bridgehead atoms. The van der Waals surface area contributed by atoms with E-state index in [0.29, 0.717) is 22.6 Å². The molecular weight excluding hydrogens is 332 g/mol. The number of aromatic nitrogens is 1. The maximum absolute atomic E-state index is 12.7. The number of hydrogen-bond acceptors (Lipinski definition) is 5. The molecule has 2 heterocycles. The molecule has 0 atom stereocenters. The summed E-state index contributed by atoms with van der Waals surface area (Å²) in [6.07, 6.45) is 1.56. The molecule has 6 nitrogen and oxygen atoms in total. The van der Waals surface area contributed by atoms with E-state index in [2.05, 4.69) is 6.07 Å². The lowest BCUT2D eigenvalue weighted by Crippen LogP contribution is -2.36. The molecule has 0 aliphatic carbocycles. The Kier molecular flexibility index (Phi) is 4.17. The highest BCUT2D eigenvalue weighted by Gasteiger charge is 2.33. The zero-order valence-electron chi connectivity index (χ0n) is 15.0. The molecule has 1 aliphatic rings. The summed E-state index contributed by atoms with van der Waals surface area (Å²) in [5.41, 5.74) is 1.69. The van der Waals surface area contributed by atoms with Crippen molar-refractivity contribution in [1.82, 2.24) is 4.57 Å². The van der Waals surface area contributed by atoms with Crippen LogP contribution in [0.1, 0.15) is 38.8 Å². The van der Waals surface area contributed by atoms with Gasteiger partial charge in [0.2, 0.25) is 0 Å². The van der Waals surface area contributed by atoms with Crippen LogP contribution in [0.5, 0.6) is 11.5 Å². The predicted octanol–water partition coefficient (Wildman–Crippen LogP) is 3.10. The second-order valence-corrected chi connectivity index (χ2v) is 6.57. The van der Waals surface area contributed by atoms with Gasteiger partial charge in [-0.15, -0.1) is 0 Å². The van der Waals surface area contributed by atoms with E-state index in [-0.39, 0.29) is 11.3 Å². The predicted molar refractivity (Wildman–Crippen MR) is 95.9 cm³/mol. The van der Waals surface area contributed by atoms with Crippen molar-refractivity contribution in [2.75, 3.05) is 0 Å². The Labute approximate surface area is 150 Å². The number of carbonyl (C=O) groups is 1. The molecule has 3 rings (SSSR count). The second-order valence-electron chi connectivity index (χ2n) is 6.57. The highest BCUT2D eigenvalue weighted by Crippen LogP contribution is 2.41. The lowest BCUT2D eigenvalue weighted by atomic mass is 9.90. The molecule has 26 heavy (non-hydrogen) atoms. The summed E-state index contributed by atoms with van der Waals surface area (Å²) in [6, 6.07) is 10.0. The molecule has 1 aliphatic heterocycles. The Balaban J connectivity index is 2.24. The van der Waals surface area contributed by atoms with Crippen molar-refractivity contribution in [2.45, 2.75) is 33.3 Å². The number of rotatable bonds is 2. The number of pyridine rings is 1. The Morgan fingerprint density at radius 2 is 2.00 bits per heavy atom. The van der Waals surface area contributed by atoms with Gasteiger partial charge >= 0.3 is 5.97 Å². The number of nitriles is 1. The number of esters is 1. The van der Waals surface area contributed by atoms with Gasteiger partial charge in [-0.05, 0) is 50.6 Å². The number of nitrogens with zero attached hydrogens (tertiary/aromatic N) is 2. The molecule has 1 aromatic carbocycles. The smallest absolute Gasteiger partial charge is 0.308 e. The standard InChI is InChI=1S/C20H18N2O4/c1-12-19(22-8-7-15(10-18(22)24)25-13(2)23)16-9-14(11-21)5-6-17(16)26-20(12,3)4/h5-10H,1-4H3. The minimum Gasteiger partial charge on any atom is -0.483 e. The summed E-state index contributed by atoms with van der Waals surface area (Å²) in [6.45, 7) is 7.01. The van der Waals surface area contributed by atoms with Gasteiger partial charge in [0, 0.05) is 24.8 Å². The normalized spacial score (nSPS) is 14.9. The number of ether oxygens (including phenoxy) is 2. The summed E-state index contributed by atoms with van der Waals surface area (Å²) < 4.78 is 12.5. The quantitative estimate of drug-likeness (QED) is 0.778. The SMILES string of the molecule is CC(=O)Oc1ccn(C2=C(C)C(C)(C)Oc3ccc(C#N)cc32)c(=O)c1. The molecule has 0 fully saturated rings. The third-order valence-electron chi connectivity index (χ3n) is 4.38. The first-order chi connectivity index (χ1) is 12.2. The van der Waals surface area contributed by atoms with Crippen molar-refractivity contribution in [3.8, 4) is 17.6 Å². The maximum Gasteiger partial charge on any atom is 0.308 e. The van der Waals surface area contributed by atoms with Crippen LogP contribution in [-0.2, 0) is 4.79 Å². The molecule has 2 aromatic rings. The zero-order chi connectivity index (χ0) is 19.1. The summed E-state index contributed by atoms with van der Waals surface area (Å²) in [5.74, 6) is 0.300. The van der Waals surface area contributed by atoms with Crippen molar-refractivity contribution in [3.05, 3.63) is 63.6 Å². The van der Waals surface area contributed by atoms with Gasteiger partial charge in [-0.25, -0.2) is 0 Å². The third-order valence-corrected chi connectivity index (χ3v) is 4.38. The van der Waals surface area contributed by atoms with Crippen molar-refractivity contribution < 1.29 is 14.3 Å². The van der Waals surface area contributed by atoms with Gasteiger partial charge in [0.25, 0.3) is 5.56 Å². The molecule has 0 saturated heterocycles. The zero-order valence-corrected chi connectivity index (χ0v) is 15.0. The van der Waals surface area contributed by atoms with E-state index in [1.807, 2.05) is 20.8 Å². The molecule has 0 unspecified atom stereocenters. The van der Waals surface area contributed by atoms with Crippen LogP contribution in [0.25, 0.3) is 5.70 Å². The summed E-state index contributed by atoms with van der Waals surface area (Å²) in [7, 11) is 0. The van der Waals surface area contributed by atoms with E-state index in [1.165, 1.54) is 17.6 Å². The van der Waals surface area contributed by atoms with Crippen molar-refractivity contribution >= 4 is 11.7 Å². The molecule has 0 amide bonds. The third kappa shape index (κ3) is 3.00. The van der Waals surface area contributed by atoms with Gasteiger partial charge in [0.05, 0.1) is 17.3 Å². The van der Waals surface area contributed by atoms with Crippen LogP contribution in [0.4, 0.5) is 0 Å². The average molecular weight is 350 g/mol. The summed E-state index contributed by atoms with van der Waals surface area (Å²) >= 11 is 0. The van der Waals surface area contributed by atoms with Gasteiger partial charge in [-0.3, -0.25) is 14.2 Å². The first-order valence-corrected chi connectivity index (χ1v) is 8.09. The van der Waals surface area contributed by atoms with Crippen LogP contribution in [0.2, 0.25) is 0 Å². The van der Waals surface area contributed by atoms with Crippen LogP contribution in [0, 0.1) is 11.3 Å². The monoisotopic (exact) mass is 350 g/mol. The molecule has 132 valence electrons. The minimum atomic E-state index is -0.621. The number of carbonyl (C=O) groups excluding carboxylic acids is 1. The molecule has 0 saturated carbocycles. The van der Waals surface area contributed by atoms with Crippen molar-refractivity contribution in [1.29, 1.82) is 5.26 Å². The molecule has 0 radical (unpaired) electrons. The van der Waals surface area contributed by atoms with E-state index >= 15 is 0 Å². The van der Waals surface area contributed by atoms with Crippen LogP contribution in [0.3, 0.4) is 0 Å². The fourth-order valence-electron chi connectivity index (χ4n) is 2.90. The molecule has 6 heteroatoms. The highest BCUT2D eigenvalue weighted by atomic mass is 16.5. The minimum absolute atomic E-state index is 0.189. The van der Waals surface area contributed by atoms with Gasteiger partial charge in [0.1, 0.15) is 17.1 Å². The van der Waals surface area contributed by atoms with Gasteiger partial charge < -0.3 is 9.47 Å². The van der Waals surface area contributed by atoms with Gasteiger partial charge in [-0.1, -0.05) is 0 Å². The van der Waals surface area contributed by atoms with Gasteiger partial charge in [0.15, 0.2) is 0 Å². The van der Waals surface area contributed by atoms with Crippen LogP contribution < -0.4 is 15.0 Å². The number of hydrogen-bond donors (Lipinski definition) is 0. The highest BCUT2D eigenvalue weighted by molar-refractivity contribution is 5.77. The lowest BCUT2D eigenvalue weighted by Gasteiger charge is -2.36. The summed E-state index contributed by atoms with van der Waals surface area (Å²) in [4.78, 5) is 23.8. The van der Waals surface area contributed by atoms with E-state index < -0.39 is 11.6 Å². The van der Waals surface area contributed by atoms with Crippen molar-refractivity contribution in [2.24, 2.45) is 0 Å². The van der Waals surface area contributed by atoms with Gasteiger partial charge in [-0.2, -0.15) is 5.26 Å². The molecule has 0 spiro atoms. The Morgan fingerprint density at radius 1 is 1.27 bits per heavy atom. The molecule has 1 aromatic heterocycles. The Morgan fingerprint density at radius 3 is 2.62 bits per heavy atom. The Bertz CT molecular complexity index is 1040. The number of benzene rings is 1. The lowest BCUT2D eigenvalue weighted by molar-refractivity contribution is -0.131. The topological polar surface area (TPSA) is 81.3 Å². The van der Waals surface area contributed by atoms with Crippen molar-refractivity contribution in [3.63, 3.8) is 0 Å². The average Bonchev–Trinajstić information content (AvgIpc) is 2.56. The van der Waals surface area contributed by atoms with Crippen LogP contribution in [-0.4, -0.2) is 16.1 Å². The summed E-state index contributed by atoms with van der Waals surface area (Å²) in [5, 5.41) is 9.22. The fourth-order valence-corrected chi connectivity index (χ4v) is 2.90.